The van der Waals surface area contributed by atoms with Gasteiger partial charge in [-0.2, -0.15) is 4.99 Å². The first-order valence-electron chi connectivity index (χ1n) is 10.9. The monoisotopic (exact) mass is 492 g/mol. The number of rotatable bonds is 12. The summed E-state index contributed by atoms with van der Waals surface area (Å²) in [6, 6.07) is 8.95. The van der Waals surface area contributed by atoms with Crippen LogP contribution in [0.5, 0.6) is 0 Å². The summed E-state index contributed by atoms with van der Waals surface area (Å²) in [5.41, 5.74) is 13.0. The predicted molar refractivity (Wildman–Crippen MR) is 138 cm³/mol. The number of aromatic nitrogens is 1. The number of nitrogens with zero attached hydrogens (tertiary/aromatic N) is 2. The minimum Gasteiger partial charge on any atom is -0.481 e. The van der Waals surface area contributed by atoms with E-state index in [0.717, 1.165) is 12.4 Å². The third-order valence-corrected chi connectivity index (χ3v) is 4.77. The molecular weight excluding hydrogens is 464 g/mol. The van der Waals surface area contributed by atoms with E-state index in [0.29, 0.717) is 42.6 Å². The Morgan fingerprint density at radius 3 is 2.64 bits per heavy atom. The second kappa shape index (κ2) is 13.7. The highest BCUT2D eigenvalue weighted by atomic mass is 16.5. The molecule has 1 aromatic heterocycles. The number of carboxylic acid groups (broad SMARTS) is 1. The van der Waals surface area contributed by atoms with Gasteiger partial charge in [-0.05, 0) is 49.6 Å². The number of aliphatic imine (C=N–C) groups is 1. The van der Waals surface area contributed by atoms with Crippen LogP contribution in [-0.4, -0.2) is 46.3 Å². The number of nitrogen functional groups attached to an aromatic ring is 1. The van der Waals surface area contributed by atoms with Crippen LogP contribution >= 0.6 is 0 Å². The van der Waals surface area contributed by atoms with Crippen molar-refractivity contribution in [3.05, 3.63) is 59.3 Å². The van der Waals surface area contributed by atoms with Crippen LogP contribution in [-0.2, 0) is 14.3 Å². The number of carbonyl (C=O) groups is 2. The van der Waals surface area contributed by atoms with Crippen LogP contribution in [0.15, 0.2) is 53.0 Å². The van der Waals surface area contributed by atoms with Gasteiger partial charge in [0, 0.05) is 30.1 Å². The largest absolute Gasteiger partial charge is 0.481 e. The summed E-state index contributed by atoms with van der Waals surface area (Å²) in [6.07, 6.45) is 6.21. The van der Waals surface area contributed by atoms with Gasteiger partial charge in [0.25, 0.3) is 11.9 Å². The number of aliphatic carboxylic acids is 1. The van der Waals surface area contributed by atoms with Crippen molar-refractivity contribution in [3.63, 3.8) is 0 Å². The number of pyridine rings is 1. The Morgan fingerprint density at radius 2 is 1.94 bits per heavy atom. The van der Waals surface area contributed by atoms with Crippen LogP contribution in [0, 0.1) is 16.2 Å². The van der Waals surface area contributed by atoms with E-state index in [1.165, 1.54) is 12.1 Å². The number of benzene rings is 1. The second-order valence-electron chi connectivity index (χ2n) is 7.50. The van der Waals surface area contributed by atoms with Gasteiger partial charge in [-0.3, -0.25) is 15.0 Å². The predicted octanol–water partition coefficient (Wildman–Crippen LogP) is 3.20. The topological polar surface area (TPSA) is 224 Å². The number of amidine groups is 1. The van der Waals surface area contributed by atoms with Gasteiger partial charge in [0.05, 0.1) is 11.3 Å². The molecule has 0 unspecified atom stereocenters. The van der Waals surface area contributed by atoms with Crippen molar-refractivity contribution in [3.8, 4) is 0 Å². The molecule has 0 saturated heterocycles. The van der Waals surface area contributed by atoms with Crippen molar-refractivity contribution < 1.29 is 19.4 Å². The fourth-order valence-electron chi connectivity index (χ4n) is 2.95. The Balaban J connectivity index is 1.99. The van der Waals surface area contributed by atoms with Crippen molar-refractivity contribution in [2.75, 3.05) is 11.1 Å². The smallest absolute Gasteiger partial charge is 0.303 e. The van der Waals surface area contributed by atoms with Crippen LogP contribution < -0.4 is 16.8 Å². The third-order valence-electron chi connectivity index (χ3n) is 4.77. The molecule has 0 bridgehead atoms. The fourth-order valence-corrected chi connectivity index (χ4v) is 2.95. The number of allylic oxidation sites excluding steroid dienone is 1. The maximum atomic E-state index is 12.5. The van der Waals surface area contributed by atoms with E-state index >= 15 is 0 Å². The first-order valence-corrected chi connectivity index (χ1v) is 10.9. The van der Waals surface area contributed by atoms with Gasteiger partial charge in [-0.15, -0.1) is 0 Å². The van der Waals surface area contributed by atoms with Gasteiger partial charge in [0.1, 0.15) is 11.5 Å². The lowest BCUT2D eigenvalue weighted by Gasteiger charge is -2.09. The molecule has 1 amide bonds. The van der Waals surface area contributed by atoms with E-state index in [2.05, 4.69) is 15.3 Å². The summed E-state index contributed by atoms with van der Waals surface area (Å²) in [4.78, 5) is 31.2. The molecule has 2 rings (SSSR count). The van der Waals surface area contributed by atoms with E-state index in [1.54, 1.807) is 30.3 Å². The maximum absolute atomic E-state index is 12.5. The number of nitrogens with two attached hydrogens (primary N) is 2. The van der Waals surface area contributed by atoms with Crippen molar-refractivity contribution >= 4 is 53.4 Å². The van der Waals surface area contributed by atoms with E-state index in [-0.39, 0.29) is 29.5 Å². The molecule has 12 nitrogen and oxygen atoms in total. The van der Waals surface area contributed by atoms with Crippen molar-refractivity contribution in [2.24, 2.45) is 10.7 Å². The van der Waals surface area contributed by atoms with Crippen molar-refractivity contribution in [2.45, 2.75) is 32.1 Å². The lowest BCUT2D eigenvalue weighted by atomic mass is 10.1. The second-order valence-corrected chi connectivity index (χ2v) is 7.50. The molecular formula is C24H28N8O4. The molecule has 2 aromatic rings. The number of anilines is 2. The average molecular weight is 493 g/mol. The molecule has 0 aliphatic carbocycles. The Kier molecular flexibility index (Phi) is 10.5. The van der Waals surface area contributed by atoms with Crippen molar-refractivity contribution in [1.29, 1.82) is 16.2 Å². The van der Waals surface area contributed by atoms with E-state index < -0.39 is 17.8 Å². The first kappa shape index (κ1) is 27.4. The number of hydrogen-bond donors (Lipinski definition) is 7. The zero-order chi connectivity index (χ0) is 26.5. The zero-order valence-electron chi connectivity index (χ0n) is 19.5. The summed E-state index contributed by atoms with van der Waals surface area (Å²) >= 11 is 0. The van der Waals surface area contributed by atoms with Crippen molar-refractivity contribution in [1.82, 2.24) is 4.98 Å². The summed E-state index contributed by atoms with van der Waals surface area (Å²) in [7, 11) is 0. The fraction of sp³-hybridized carbons (Fsp3) is 0.208. The molecule has 0 aliphatic rings. The van der Waals surface area contributed by atoms with E-state index in [4.69, 9.17) is 37.5 Å². The first-order chi connectivity index (χ1) is 17.2. The molecule has 9 N–H and O–H groups in total. The molecule has 12 heteroatoms. The average Bonchev–Trinajstić information content (AvgIpc) is 2.84. The Bertz CT molecular complexity index is 1210. The number of amides is 1. The molecule has 0 saturated carbocycles. The molecule has 0 atom stereocenters. The molecule has 0 radical (unpaired) electrons. The summed E-state index contributed by atoms with van der Waals surface area (Å²) in [5, 5.41) is 34.2. The number of unbranched alkanes of at least 4 members (excludes halogenated alkanes) is 3. The molecule has 1 aromatic carbocycles. The van der Waals surface area contributed by atoms with Gasteiger partial charge in [0.15, 0.2) is 0 Å². The lowest BCUT2D eigenvalue weighted by Crippen LogP contribution is -2.22. The Hall–Kier alpha value is -4.87. The van der Waals surface area contributed by atoms with Crippen LogP contribution in [0.4, 0.5) is 17.2 Å². The highest BCUT2D eigenvalue weighted by Crippen LogP contribution is 2.19. The Labute approximate surface area is 207 Å². The number of nitrogens with one attached hydrogen (secondary N) is 4. The highest BCUT2D eigenvalue weighted by molar-refractivity contribution is 6.16. The van der Waals surface area contributed by atoms with Crippen LogP contribution in [0.25, 0.3) is 0 Å². The molecule has 0 spiro atoms. The molecule has 1 heterocycles. The highest BCUT2D eigenvalue weighted by Gasteiger charge is 2.12. The lowest BCUT2D eigenvalue weighted by molar-refractivity contribution is -0.137. The molecule has 0 aliphatic heterocycles. The van der Waals surface area contributed by atoms with Crippen LogP contribution in [0.3, 0.4) is 0 Å². The minimum atomic E-state index is -0.840. The number of ether oxygens (including phenoxy) is 1. The number of hydrogen-bond acceptors (Lipinski definition) is 9. The van der Waals surface area contributed by atoms with Gasteiger partial charge >= 0.3 is 5.97 Å². The SMILES string of the molecule is N=C/C(=C\CCCCCC(=O)O)C(=O)Nc1cccc(C(=N)OC(N)=Nc2ccc(N)c(C=N)c2)n1. The normalized spacial score (nSPS) is 11.4. The van der Waals surface area contributed by atoms with E-state index in [9.17, 15) is 9.59 Å². The van der Waals surface area contributed by atoms with Gasteiger partial charge < -0.3 is 37.4 Å². The van der Waals surface area contributed by atoms with Crippen LogP contribution in [0.2, 0.25) is 0 Å². The quantitative estimate of drug-likeness (QED) is 0.0768. The van der Waals surface area contributed by atoms with E-state index in [1.807, 2.05) is 0 Å². The summed E-state index contributed by atoms with van der Waals surface area (Å²) in [6.45, 7) is 0. The van der Waals surface area contributed by atoms with Gasteiger partial charge in [-0.1, -0.05) is 18.6 Å². The third kappa shape index (κ3) is 8.82. The van der Waals surface area contributed by atoms with Gasteiger partial charge in [-0.25, -0.2) is 4.98 Å². The summed E-state index contributed by atoms with van der Waals surface area (Å²) in [5.74, 6) is -1.64. The minimum absolute atomic E-state index is 0.0854. The maximum Gasteiger partial charge on any atom is 0.303 e. The summed E-state index contributed by atoms with van der Waals surface area (Å²) < 4.78 is 5.24. The molecule has 188 valence electrons. The number of carbonyl (C=O) groups excluding carboxylic acids is 1. The van der Waals surface area contributed by atoms with Gasteiger partial charge in [0.2, 0.25) is 5.90 Å². The van der Waals surface area contributed by atoms with Crippen LogP contribution in [0.1, 0.15) is 43.4 Å². The standard InChI is InChI=1S/C24H28N8O4/c25-13-15(6-3-1-2-4-9-21(33)34)23(35)32-20-8-5-7-19(31-20)22(28)36-24(29)30-17-10-11-18(27)16(12-17)14-26/h5-8,10-14,25-26,28H,1-4,9,27H2,(H2,29,30)(H,33,34)(H,31,32,35)/b15-6+,25-13?,26-14?,28-22?. The number of carboxylic acids is 1. The molecule has 0 fully saturated rings. The molecule has 36 heavy (non-hydrogen) atoms. The zero-order valence-corrected chi connectivity index (χ0v) is 19.5. The Morgan fingerprint density at radius 1 is 1.17 bits per heavy atom.